The molecule has 4 N–H and O–H groups in total. The lowest BCUT2D eigenvalue weighted by molar-refractivity contribution is 0.153. The van der Waals surface area contributed by atoms with Gasteiger partial charge in [0.2, 0.25) is 0 Å². The largest absolute Gasteiger partial charge is 0.492 e. The van der Waals surface area contributed by atoms with Gasteiger partial charge in [-0.1, -0.05) is 65.2 Å². The lowest BCUT2D eigenvalue weighted by Gasteiger charge is -2.30. The molecule has 2 fully saturated rings. The molecule has 2 saturated heterocycles. The van der Waals surface area contributed by atoms with Crippen molar-refractivity contribution in [2.24, 2.45) is 5.92 Å². The number of carbonyl (C=O) groups excluding carboxylic acids is 2. The number of hydrogen-bond donors (Lipinski definition) is 4. The number of nitrogens with one attached hydrogen (secondary N) is 4. The summed E-state index contributed by atoms with van der Waals surface area (Å²) in [6.45, 7) is 22.3. The molecule has 0 saturated carbocycles. The summed E-state index contributed by atoms with van der Waals surface area (Å²) in [4.78, 5) is 29.2. The van der Waals surface area contributed by atoms with Crippen LogP contribution < -0.4 is 30.7 Å². The minimum absolute atomic E-state index is 0.159. The van der Waals surface area contributed by atoms with Crippen LogP contribution in [0.15, 0.2) is 69.7 Å². The number of rotatable bonds is 12. The standard InChI is InChI=1S/C22H32N4O3.C21H30N4O3/c1-16-6-5-11-26(15-16)12-13-28-18-9-7-17(8-10-18)23-21(27)24-20-14-19(29-25-20)22(2,3)4;1-21(2,3)18-15-19(24-28-18)23-20(26)22-16-7-9-17(10-8-16)27-14-13-25-11-5-4-6-12-25/h7-10,14,16H,5-6,11-13,15H2,1-4H3,(H2,23,24,25,27);7-10,15H,4-6,11-14H2,1-3H3,(H2,22,23,24,26). The van der Waals surface area contributed by atoms with Crippen LogP contribution in [0.4, 0.5) is 32.6 Å². The van der Waals surface area contributed by atoms with Gasteiger partial charge in [-0.15, -0.1) is 0 Å². The number of urea groups is 2. The molecule has 4 amide bonds. The number of amides is 4. The first-order valence-electron chi connectivity index (χ1n) is 20.2. The van der Waals surface area contributed by atoms with E-state index in [0.717, 1.165) is 43.6 Å². The first kappa shape index (κ1) is 43.1. The summed E-state index contributed by atoms with van der Waals surface area (Å²) in [5.41, 5.74) is 1.04. The summed E-state index contributed by atoms with van der Waals surface area (Å²) in [6, 6.07) is 17.5. The van der Waals surface area contributed by atoms with E-state index in [1.54, 1.807) is 12.1 Å². The van der Waals surface area contributed by atoms with E-state index in [9.17, 15) is 9.59 Å². The number of piperidine rings is 2. The third-order valence-corrected chi connectivity index (χ3v) is 9.75. The van der Waals surface area contributed by atoms with Crippen molar-refractivity contribution in [3.05, 3.63) is 72.2 Å². The summed E-state index contributed by atoms with van der Waals surface area (Å²) in [5.74, 6) is 4.58. The highest BCUT2D eigenvalue weighted by Gasteiger charge is 2.22. The predicted octanol–water partition coefficient (Wildman–Crippen LogP) is 9.21. The van der Waals surface area contributed by atoms with Gasteiger partial charge in [0.05, 0.1) is 0 Å². The van der Waals surface area contributed by atoms with Gasteiger partial charge < -0.3 is 29.2 Å². The summed E-state index contributed by atoms with van der Waals surface area (Å²) in [6.07, 6.45) is 6.51. The molecule has 2 aliphatic rings. The van der Waals surface area contributed by atoms with E-state index < -0.39 is 0 Å². The molecule has 4 aromatic rings. The van der Waals surface area contributed by atoms with E-state index in [2.05, 4.69) is 48.3 Å². The Labute approximate surface area is 337 Å². The molecule has 310 valence electrons. The maximum atomic E-state index is 12.2. The van der Waals surface area contributed by atoms with E-state index in [0.29, 0.717) is 47.7 Å². The molecule has 14 nitrogen and oxygen atoms in total. The van der Waals surface area contributed by atoms with Crippen LogP contribution >= 0.6 is 0 Å². The highest BCUT2D eigenvalue weighted by atomic mass is 16.5. The zero-order valence-corrected chi connectivity index (χ0v) is 34.8. The highest BCUT2D eigenvalue weighted by molar-refractivity contribution is 5.99. The number of anilines is 4. The molecule has 1 unspecified atom stereocenters. The van der Waals surface area contributed by atoms with Gasteiger partial charge in [-0.25, -0.2) is 9.59 Å². The second-order valence-corrected chi connectivity index (χ2v) is 17.0. The summed E-state index contributed by atoms with van der Waals surface area (Å²) < 4.78 is 22.2. The van der Waals surface area contributed by atoms with Gasteiger partial charge >= 0.3 is 12.1 Å². The molecule has 2 aromatic carbocycles. The zero-order valence-electron chi connectivity index (χ0n) is 34.8. The van der Waals surface area contributed by atoms with Crippen molar-refractivity contribution >= 4 is 35.1 Å². The van der Waals surface area contributed by atoms with Crippen LogP contribution in [0, 0.1) is 5.92 Å². The van der Waals surface area contributed by atoms with Crippen molar-refractivity contribution in [2.75, 3.05) is 73.7 Å². The van der Waals surface area contributed by atoms with Crippen LogP contribution in [0.3, 0.4) is 0 Å². The maximum Gasteiger partial charge on any atom is 0.324 e. The molecule has 1 atom stereocenters. The first-order chi connectivity index (χ1) is 27.2. The molecule has 0 radical (unpaired) electrons. The van der Waals surface area contributed by atoms with Crippen LogP contribution in [-0.4, -0.2) is 84.7 Å². The summed E-state index contributed by atoms with van der Waals surface area (Å²) in [7, 11) is 0. The Hall–Kier alpha value is -5.08. The van der Waals surface area contributed by atoms with E-state index >= 15 is 0 Å². The minimum Gasteiger partial charge on any atom is -0.492 e. The minimum atomic E-state index is -0.369. The fourth-order valence-electron chi connectivity index (χ4n) is 6.46. The number of ether oxygens (including phenoxy) is 2. The van der Waals surface area contributed by atoms with Crippen LogP contribution in [0.25, 0.3) is 0 Å². The summed E-state index contributed by atoms with van der Waals surface area (Å²) in [5, 5.41) is 18.7. The molecule has 2 aromatic heterocycles. The molecule has 0 aliphatic carbocycles. The lowest BCUT2D eigenvalue weighted by Crippen LogP contribution is -2.37. The van der Waals surface area contributed by atoms with Crippen molar-refractivity contribution in [2.45, 2.75) is 91.4 Å². The van der Waals surface area contributed by atoms with Crippen LogP contribution in [0.2, 0.25) is 0 Å². The first-order valence-corrected chi connectivity index (χ1v) is 20.2. The van der Waals surface area contributed by atoms with Gasteiger partial charge in [0.1, 0.15) is 36.2 Å². The average molecular weight is 787 g/mol. The molecule has 6 rings (SSSR count). The van der Waals surface area contributed by atoms with Gasteiger partial charge in [-0.2, -0.15) is 0 Å². The molecular weight excluding hydrogens is 725 g/mol. The monoisotopic (exact) mass is 786 g/mol. The number of carbonyl (C=O) groups is 2. The van der Waals surface area contributed by atoms with Crippen molar-refractivity contribution in [3.8, 4) is 11.5 Å². The fraction of sp³-hybridized carbons (Fsp3) is 0.535. The lowest BCUT2D eigenvalue weighted by atomic mass is 9.93. The summed E-state index contributed by atoms with van der Waals surface area (Å²) >= 11 is 0. The topological polar surface area (TPSA) is 159 Å². The molecule has 0 bridgehead atoms. The Bertz CT molecular complexity index is 1820. The third-order valence-electron chi connectivity index (χ3n) is 9.75. The van der Waals surface area contributed by atoms with Gasteiger partial charge in [0.25, 0.3) is 0 Å². The van der Waals surface area contributed by atoms with Gasteiger partial charge in [-0.3, -0.25) is 20.4 Å². The number of benzene rings is 2. The highest BCUT2D eigenvalue weighted by Crippen LogP contribution is 2.26. The van der Waals surface area contributed by atoms with Crippen molar-refractivity contribution < 1.29 is 28.1 Å². The smallest absolute Gasteiger partial charge is 0.324 e. The average Bonchev–Trinajstić information content (AvgIpc) is 3.84. The van der Waals surface area contributed by atoms with Gasteiger partial charge in [-0.05, 0) is 99.8 Å². The zero-order chi connectivity index (χ0) is 40.8. The number of likely N-dealkylation sites (tertiary alicyclic amines) is 2. The van der Waals surface area contributed by atoms with Crippen molar-refractivity contribution in [1.82, 2.24) is 20.1 Å². The van der Waals surface area contributed by atoms with Crippen molar-refractivity contribution in [1.29, 1.82) is 0 Å². The van der Waals surface area contributed by atoms with E-state index in [-0.39, 0.29) is 22.9 Å². The van der Waals surface area contributed by atoms with Gasteiger partial charge in [0, 0.05) is 54.0 Å². The van der Waals surface area contributed by atoms with Crippen LogP contribution in [-0.2, 0) is 10.8 Å². The Balaban J connectivity index is 0.000000218. The SMILES string of the molecule is CC(C)(C)c1cc(NC(=O)Nc2ccc(OCCN3CCCCC3)cc2)no1.CC1CCCN(CCOc2ccc(NC(=O)Nc3cc(C(C)(C)C)on3)cc2)C1. The molecule has 2 aliphatic heterocycles. The van der Waals surface area contributed by atoms with E-state index in [4.69, 9.17) is 18.5 Å². The fourth-order valence-corrected chi connectivity index (χ4v) is 6.46. The predicted molar refractivity (Wildman–Crippen MR) is 225 cm³/mol. The van der Waals surface area contributed by atoms with Crippen molar-refractivity contribution in [3.63, 3.8) is 0 Å². The normalized spacial score (nSPS) is 16.5. The van der Waals surface area contributed by atoms with Crippen LogP contribution in [0.5, 0.6) is 11.5 Å². The van der Waals surface area contributed by atoms with Gasteiger partial charge in [0.15, 0.2) is 11.6 Å². The number of aromatic nitrogens is 2. The quantitative estimate of drug-likeness (QED) is 0.109. The van der Waals surface area contributed by atoms with E-state index in [1.165, 1.54) is 45.2 Å². The molecule has 14 heteroatoms. The molecular formula is C43H62N8O6. The number of hydrogen-bond acceptors (Lipinski definition) is 10. The van der Waals surface area contributed by atoms with Crippen LogP contribution in [0.1, 0.15) is 92.1 Å². The maximum absolute atomic E-state index is 12.2. The molecule has 57 heavy (non-hydrogen) atoms. The second kappa shape index (κ2) is 20.4. The number of nitrogens with zero attached hydrogens (tertiary/aromatic N) is 4. The second-order valence-electron chi connectivity index (χ2n) is 17.0. The Kier molecular flexibility index (Phi) is 15.4. The molecule has 0 spiro atoms. The Morgan fingerprint density at radius 2 is 1.09 bits per heavy atom. The molecule has 4 heterocycles. The third kappa shape index (κ3) is 14.7. The Morgan fingerprint density at radius 1 is 0.649 bits per heavy atom. The Morgan fingerprint density at radius 3 is 1.51 bits per heavy atom. The van der Waals surface area contributed by atoms with E-state index in [1.807, 2.05) is 90.1 Å².